The molecule has 0 atom stereocenters. The van der Waals surface area contributed by atoms with E-state index in [0.717, 1.165) is 10.7 Å². The van der Waals surface area contributed by atoms with Gasteiger partial charge in [0.1, 0.15) is 12.3 Å². The fourth-order valence-electron chi connectivity index (χ4n) is 1.44. The van der Waals surface area contributed by atoms with Crippen molar-refractivity contribution in [1.82, 2.24) is 0 Å². The number of nitroso groups, excluding NO2 is 1. The van der Waals surface area contributed by atoms with Crippen molar-refractivity contribution in [2.24, 2.45) is 10.2 Å². The number of allylic oxidation sites excluding steroid dienone is 1. The van der Waals surface area contributed by atoms with Crippen molar-refractivity contribution < 1.29 is 9.53 Å². The van der Waals surface area contributed by atoms with Gasteiger partial charge in [-0.15, -0.1) is 11.8 Å². The van der Waals surface area contributed by atoms with Crippen LogP contribution < -0.4 is 0 Å². The van der Waals surface area contributed by atoms with E-state index in [2.05, 4.69) is 10.2 Å². The number of thioether (sulfide) groups is 1. The van der Waals surface area contributed by atoms with Crippen LogP contribution in [0.4, 0.5) is 0 Å². The van der Waals surface area contributed by atoms with E-state index in [4.69, 9.17) is 4.74 Å². The minimum absolute atomic E-state index is 0.0629. The zero-order valence-electron chi connectivity index (χ0n) is 10.5. The Labute approximate surface area is 110 Å². The van der Waals surface area contributed by atoms with Gasteiger partial charge < -0.3 is 4.74 Å². The van der Waals surface area contributed by atoms with Crippen LogP contribution in [-0.2, 0) is 9.53 Å². The predicted molar refractivity (Wildman–Crippen MR) is 73.6 cm³/mol. The highest BCUT2D eigenvalue weighted by atomic mass is 32.2. The van der Waals surface area contributed by atoms with Gasteiger partial charge in [0, 0.05) is 12.6 Å². The van der Waals surface area contributed by atoms with Gasteiger partial charge >= 0.3 is 5.97 Å². The molecule has 0 aromatic heterocycles. The van der Waals surface area contributed by atoms with Gasteiger partial charge in [0.25, 0.3) is 0 Å². The largest absolute Gasteiger partial charge is 0.461 e. The van der Waals surface area contributed by atoms with E-state index in [1.54, 1.807) is 18.7 Å². The van der Waals surface area contributed by atoms with Crippen molar-refractivity contribution >= 4 is 23.4 Å². The monoisotopic (exact) mass is 268 g/mol. The highest BCUT2D eigenvalue weighted by Gasteiger charge is 2.17. The van der Waals surface area contributed by atoms with E-state index in [1.807, 2.05) is 13.0 Å². The van der Waals surface area contributed by atoms with E-state index >= 15 is 0 Å². The summed E-state index contributed by atoms with van der Waals surface area (Å²) >= 11 is 1.62. The van der Waals surface area contributed by atoms with Gasteiger partial charge in [-0.05, 0) is 29.2 Å². The Balaban J connectivity index is 2.92. The van der Waals surface area contributed by atoms with Crippen LogP contribution in [0, 0.1) is 4.91 Å². The van der Waals surface area contributed by atoms with E-state index in [-0.39, 0.29) is 6.54 Å². The van der Waals surface area contributed by atoms with Crippen molar-refractivity contribution in [2.45, 2.75) is 20.3 Å². The molecule has 18 heavy (non-hydrogen) atoms. The minimum Gasteiger partial charge on any atom is -0.461 e. The topological polar surface area (TPSA) is 68.1 Å². The maximum Gasteiger partial charge on any atom is 0.353 e. The lowest BCUT2D eigenvalue weighted by Gasteiger charge is -2.06. The molecule has 0 radical (unpaired) electrons. The maximum absolute atomic E-state index is 11.7. The molecule has 6 heteroatoms. The highest BCUT2D eigenvalue weighted by Crippen LogP contribution is 2.24. The highest BCUT2D eigenvalue weighted by molar-refractivity contribution is 8.03. The first-order valence-corrected chi connectivity index (χ1v) is 6.75. The second-order valence-electron chi connectivity index (χ2n) is 3.51. The number of nitrogens with zero attached hydrogens (tertiary/aromatic N) is 2. The zero-order chi connectivity index (χ0) is 13.4. The molecule has 0 saturated heterocycles. The number of hydrogen-bond donors (Lipinski definition) is 0. The second-order valence-corrected chi connectivity index (χ2v) is 4.90. The number of aliphatic imine (C=N–C) groups is 1. The first-order chi connectivity index (χ1) is 8.71. The number of rotatable bonds is 6. The summed E-state index contributed by atoms with van der Waals surface area (Å²) < 4.78 is 4.94. The third-order valence-electron chi connectivity index (χ3n) is 2.16. The molecule has 0 spiro atoms. The van der Waals surface area contributed by atoms with E-state index in [0.29, 0.717) is 24.3 Å². The molecule has 0 aromatic rings. The normalized spacial score (nSPS) is 15.1. The number of carbonyl (C=O) groups excluding carboxylic acids is 1. The van der Waals surface area contributed by atoms with Crippen LogP contribution in [0.1, 0.15) is 20.3 Å². The van der Waals surface area contributed by atoms with Crippen LogP contribution in [-0.4, -0.2) is 30.6 Å². The molecule has 98 valence electrons. The summed E-state index contributed by atoms with van der Waals surface area (Å²) in [6, 6.07) is 0. The molecular formula is C12H16N2O3S. The fourth-order valence-corrected chi connectivity index (χ4v) is 2.29. The Morgan fingerprint density at radius 1 is 1.56 bits per heavy atom. The lowest BCUT2D eigenvalue weighted by atomic mass is 10.2. The Hall–Kier alpha value is -1.43. The molecule has 0 saturated carbocycles. The average Bonchev–Trinajstić information content (AvgIpc) is 2.53. The molecule has 1 aliphatic rings. The quantitative estimate of drug-likeness (QED) is 0.548. The van der Waals surface area contributed by atoms with Crippen LogP contribution in [0.15, 0.2) is 32.9 Å². The first kappa shape index (κ1) is 14.6. The van der Waals surface area contributed by atoms with Crippen molar-refractivity contribution in [2.75, 3.05) is 18.9 Å². The van der Waals surface area contributed by atoms with Crippen molar-refractivity contribution in [3.63, 3.8) is 0 Å². The van der Waals surface area contributed by atoms with Gasteiger partial charge in [0.2, 0.25) is 0 Å². The Morgan fingerprint density at radius 3 is 2.94 bits per heavy atom. The number of esters is 1. The van der Waals surface area contributed by atoms with Gasteiger partial charge in [-0.1, -0.05) is 12.1 Å². The van der Waals surface area contributed by atoms with Crippen LogP contribution in [0.25, 0.3) is 0 Å². The molecule has 0 N–H and O–H groups in total. The van der Waals surface area contributed by atoms with E-state index in [1.165, 1.54) is 6.20 Å². The van der Waals surface area contributed by atoms with E-state index in [9.17, 15) is 9.70 Å². The number of carbonyl (C=O) groups is 1. The average molecular weight is 268 g/mol. The summed E-state index contributed by atoms with van der Waals surface area (Å²) in [5, 5.41) is 2.84. The summed E-state index contributed by atoms with van der Waals surface area (Å²) in [6.07, 6.45) is 3.82. The maximum atomic E-state index is 11.7. The summed E-state index contributed by atoms with van der Waals surface area (Å²) in [6.45, 7) is 4.17. The summed E-state index contributed by atoms with van der Waals surface area (Å²) in [5.41, 5.74) is 1.07. The fraction of sp³-hybridized carbons (Fsp3) is 0.500. The van der Waals surface area contributed by atoms with Crippen LogP contribution in [0.5, 0.6) is 0 Å². The summed E-state index contributed by atoms with van der Waals surface area (Å²) in [7, 11) is 0. The molecule has 0 fully saturated rings. The van der Waals surface area contributed by atoms with Gasteiger partial charge in [-0.3, -0.25) is 4.99 Å². The van der Waals surface area contributed by atoms with Crippen LogP contribution in [0.2, 0.25) is 0 Å². The van der Waals surface area contributed by atoms with Gasteiger partial charge in [-0.2, -0.15) is 4.91 Å². The Bertz CT molecular complexity index is 414. The Kier molecular flexibility index (Phi) is 6.35. The lowest BCUT2D eigenvalue weighted by molar-refractivity contribution is -0.135. The zero-order valence-corrected chi connectivity index (χ0v) is 11.3. The van der Waals surface area contributed by atoms with Gasteiger partial charge in [0.05, 0.1) is 6.61 Å². The van der Waals surface area contributed by atoms with Gasteiger partial charge in [0.15, 0.2) is 0 Å². The first-order valence-electron chi connectivity index (χ1n) is 5.76. The van der Waals surface area contributed by atoms with Gasteiger partial charge in [-0.25, -0.2) is 4.79 Å². The predicted octanol–water partition coefficient (Wildman–Crippen LogP) is 2.68. The minimum atomic E-state index is -0.406. The molecule has 0 amide bonds. The molecule has 1 aliphatic heterocycles. The molecule has 0 bridgehead atoms. The molecular weight excluding hydrogens is 252 g/mol. The third kappa shape index (κ3) is 4.44. The van der Waals surface area contributed by atoms with Crippen molar-refractivity contribution in [3.8, 4) is 0 Å². The lowest BCUT2D eigenvalue weighted by Crippen LogP contribution is -2.17. The molecule has 5 nitrogen and oxygen atoms in total. The van der Waals surface area contributed by atoms with E-state index < -0.39 is 5.97 Å². The molecule has 0 aliphatic carbocycles. The molecule has 1 heterocycles. The summed E-state index contributed by atoms with van der Waals surface area (Å²) in [4.78, 5) is 27.0. The van der Waals surface area contributed by atoms with Crippen molar-refractivity contribution in [3.05, 3.63) is 27.7 Å². The molecule has 0 aromatic carbocycles. The molecule has 0 unspecified atom stereocenters. The Morgan fingerprint density at radius 2 is 2.33 bits per heavy atom. The third-order valence-corrected chi connectivity index (χ3v) is 3.08. The molecule has 1 rings (SSSR count). The number of ether oxygens (including phenoxy) is 1. The van der Waals surface area contributed by atoms with Crippen LogP contribution in [0.3, 0.4) is 0 Å². The van der Waals surface area contributed by atoms with Crippen LogP contribution >= 0.6 is 11.8 Å². The van der Waals surface area contributed by atoms with Crippen molar-refractivity contribution in [1.29, 1.82) is 0 Å². The smallest absolute Gasteiger partial charge is 0.353 e. The summed E-state index contributed by atoms with van der Waals surface area (Å²) in [5.74, 6) is 0.487. The number of hydrogen-bond acceptors (Lipinski definition) is 6. The SMILES string of the molecule is CCOC(=O)C1=NC=C(CN=O)C=C(SCC)C1. The standard InChI is InChI=1S/C12H16N2O3S/c1-3-17-12(15)11-6-10(18-4-2)5-9(7-13-11)8-14-16/h5,7H,3-4,6,8H2,1-2H3. The second kappa shape index (κ2) is 7.81.